The van der Waals surface area contributed by atoms with E-state index in [-0.39, 0.29) is 6.54 Å². The average Bonchev–Trinajstić information content (AvgIpc) is 2.04. The second-order valence-corrected chi connectivity index (χ2v) is 2.91. The molecule has 1 saturated heterocycles. The molecule has 0 radical (unpaired) electrons. The maximum Gasteiger partial charge on any atom is 0.320 e. The molecule has 1 rings (SSSR count). The molecule has 1 aliphatic heterocycles. The summed E-state index contributed by atoms with van der Waals surface area (Å²) in [5.74, 6) is -2.19. The summed E-state index contributed by atoms with van der Waals surface area (Å²) in [5, 5.41) is 19.8. The molecule has 1 fully saturated rings. The number of rotatable bonds is 2. The summed E-state index contributed by atoms with van der Waals surface area (Å²) in [4.78, 5) is 20.9. The van der Waals surface area contributed by atoms with Crippen LogP contribution in [0.1, 0.15) is 12.8 Å². The van der Waals surface area contributed by atoms with E-state index >= 15 is 0 Å². The molecule has 0 amide bonds. The molecule has 12 heavy (non-hydrogen) atoms. The first-order valence-electron chi connectivity index (χ1n) is 3.80. The Labute approximate surface area is 69.4 Å². The van der Waals surface area contributed by atoms with Gasteiger partial charge in [-0.3, -0.25) is 9.59 Å². The van der Waals surface area contributed by atoms with Crippen molar-refractivity contribution in [2.24, 2.45) is 5.92 Å². The van der Waals surface area contributed by atoms with E-state index in [1.807, 2.05) is 0 Å². The highest BCUT2D eigenvalue weighted by atomic mass is 16.4. The van der Waals surface area contributed by atoms with Crippen LogP contribution in [0, 0.1) is 5.92 Å². The van der Waals surface area contributed by atoms with E-state index in [0.29, 0.717) is 12.8 Å². The molecule has 5 nitrogen and oxygen atoms in total. The van der Waals surface area contributed by atoms with Crippen LogP contribution < -0.4 is 5.32 Å². The van der Waals surface area contributed by atoms with Crippen LogP contribution in [0.3, 0.4) is 0 Å². The summed E-state index contributed by atoms with van der Waals surface area (Å²) in [7, 11) is 0. The molecule has 0 aromatic rings. The molecule has 1 aliphatic rings. The Bertz CT molecular complexity index is 174. The van der Waals surface area contributed by atoms with Gasteiger partial charge in [-0.2, -0.15) is 0 Å². The Kier molecular flexibility index (Phi) is 2.65. The molecule has 0 aromatic heterocycles. The molecule has 1 heterocycles. The van der Waals surface area contributed by atoms with Gasteiger partial charge in [0.1, 0.15) is 6.04 Å². The van der Waals surface area contributed by atoms with Crippen molar-refractivity contribution in [3.63, 3.8) is 0 Å². The fourth-order valence-corrected chi connectivity index (χ4v) is 1.28. The minimum Gasteiger partial charge on any atom is -0.481 e. The first-order chi connectivity index (χ1) is 5.61. The number of piperidine rings is 1. The predicted molar refractivity (Wildman–Crippen MR) is 39.8 cm³/mol. The summed E-state index contributed by atoms with van der Waals surface area (Å²) >= 11 is 0. The lowest BCUT2D eigenvalue weighted by molar-refractivity contribution is -0.146. The van der Waals surface area contributed by atoms with Crippen LogP contribution >= 0.6 is 0 Å². The van der Waals surface area contributed by atoms with E-state index < -0.39 is 23.9 Å². The van der Waals surface area contributed by atoms with E-state index in [2.05, 4.69) is 5.32 Å². The quantitative estimate of drug-likeness (QED) is 0.525. The van der Waals surface area contributed by atoms with Crippen molar-refractivity contribution in [1.29, 1.82) is 0 Å². The number of carboxylic acids is 2. The summed E-state index contributed by atoms with van der Waals surface area (Å²) in [6.07, 6.45) is 0.839. The molecule has 0 aliphatic carbocycles. The topological polar surface area (TPSA) is 86.6 Å². The fourth-order valence-electron chi connectivity index (χ4n) is 1.28. The Balaban J connectivity index is 2.39. The van der Waals surface area contributed by atoms with Crippen molar-refractivity contribution >= 4 is 11.9 Å². The molecule has 0 aromatic carbocycles. The lowest BCUT2D eigenvalue weighted by Gasteiger charge is -2.24. The normalized spacial score (nSPS) is 29.7. The van der Waals surface area contributed by atoms with Crippen LogP contribution in [0.5, 0.6) is 0 Å². The van der Waals surface area contributed by atoms with Gasteiger partial charge in [-0.15, -0.1) is 0 Å². The maximum absolute atomic E-state index is 10.4. The Morgan fingerprint density at radius 3 is 2.17 bits per heavy atom. The van der Waals surface area contributed by atoms with E-state index in [1.165, 1.54) is 0 Å². The zero-order chi connectivity index (χ0) is 9.14. The Hall–Kier alpha value is -1.10. The highest BCUT2D eigenvalue weighted by molar-refractivity contribution is 5.75. The van der Waals surface area contributed by atoms with Crippen molar-refractivity contribution in [1.82, 2.24) is 5.32 Å². The molecular formula is C7H11NO4. The average molecular weight is 173 g/mol. The van der Waals surface area contributed by atoms with Gasteiger partial charge in [0.25, 0.3) is 0 Å². The van der Waals surface area contributed by atoms with Crippen molar-refractivity contribution in [3.05, 3.63) is 0 Å². The van der Waals surface area contributed by atoms with Crippen LogP contribution in [-0.4, -0.2) is 34.7 Å². The van der Waals surface area contributed by atoms with Crippen molar-refractivity contribution < 1.29 is 19.8 Å². The molecule has 5 heteroatoms. The smallest absolute Gasteiger partial charge is 0.320 e. The third-order valence-electron chi connectivity index (χ3n) is 2.06. The first kappa shape index (κ1) is 8.99. The molecule has 2 atom stereocenters. The third-order valence-corrected chi connectivity index (χ3v) is 2.06. The van der Waals surface area contributed by atoms with Crippen LogP contribution in [0.2, 0.25) is 0 Å². The fraction of sp³-hybridized carbons (Fsp3) is 0.714. The molecule has 1 unspecified atom stereocenters. The Morgan fingerprint density at radius 2 is 1.83 bits per heavy atom. The van der Waals surface area contributed by atoms with Gasteiger partial charge in [0, 0.05) is 6.54 Å². The number of hydrogen-bond donors (Lipinski definition) is 3. The monoisotopic (exact) mass is 173 g/mol. The van der Waals surface area contributed by atoms with E-state index in [0.717, 1.165) is 0 Å². The van der Waals surface area contributed by atoms with Gasteiger partial charge < -0.3 is 15.5 Å². The summed E-state index contributed by atoms with van der Waals surface area (Å²) < 4.78 is 0. The molecular weight excluding hydrogens is 162 g/mol. The molecule has 3 N–H and O–H groups in total. The van der Waals surface area contributed by atoms with E-state index in [1.54, 1.807) is 0 Å². The summed E-state index contributed by atoms with van der Waals surface area (Å²) in [5.41, 5.74) is 0. The highest BCUT2D eigenvalue weighted by Gasteiger charge is 2.28. The first-order valence-corrected chi connectivity index (χ1v) is 3.80. The number of carboxylic acid groups (broad SMARTS) is 2. The second-order valence-electron chi connectivity index (χ2n) is 2.91. The standard InChI is InChI=1S/C7H11NO4/c9-6(10)4-1-2-5(7(11)12)8-3-4/h4-5,8H,1-3H2,(H,9,10)(H,11,12)/t4?,5-/m0/s1. The van der Waals surface area contributed by atoms with Crippen molar-refractivity contribution in [3.8, 4) is 0 Å². The zero-order valence-electron chi connectivity index (χ0n) is 6.49. The minimum absolute atomic E-state index is 0.256. The predicted octanol–water partition coefficient (Wildman–Crippen LogP) is -0.476. The minimum atomic E-state index is -0.904. The van der Waals surface area contributed by atoms with Gasteiger partial charge in [0.15, 0.2) is 0 Å². The van der Waals surface area contributed by atoms with Crippen LogP contribution in [-0.2, 0) is 9.59 Å². The van der Waals surface area contributed by atoms with Crippen LogP contribution in [0.25, 0.3) is 0 Å². The lowest BCUT2D eigenvalue weighted by atomic mass is 9.95. The molecule has 0 saturated carbocycles. The highest BCUT2D eigenvalue weighted by Crippen LogP contribution is 2.14. The van der Waals surface area contributed by atoms with Crippen LogP contribution in [0.15, 0.2) is 0 Å². The zero-order valence-corrected chi connectivity index (χ0v) is 6.49. The summed E-state index contributed by atoms with van der Waals surface area (Å²) in [6, 6.07) is -0.569. The number of aliphatic carboxylic acids is 2. The SMILES string of the molecule is O=C(O)C1CC[C@@H](C(=O)O)NC1. The van der Waals surface area contributed by atoms with Crippen molar-refractivity contribution in [2.45, 2.75) is 18.9 Å². The molecule has 68 valence electrons. The van der Waals surface area contributed by atoms with Gasteiger partial charge in [0.2, 0.25) is 0 Å². The Morgan fingerprint density at radius 1 is 1.17 bits per heavy atom. The van der Waals surface area contributed by atoms with Gasteiger partial charge in [-0.1, -0.05) is 0 Å². The molecule has 0 spiro atoms. The van der Waals surface area contributed by atoms with Crippen molar-refractivity contribution in [2.75, 3.05) is 6.54 Å². The van der Waals surface area contributed by atoms with Crippen LogP contribution in [0.4, 0.5) is 0 Å². The van der Waals surface area contributed by atoms with Gasteiger partial charge in [0.05, 0.1) is 5.92 Å². The summed E-state index contributed by atoms with van der Waals surface area (Å²) in [6.45, 7) is 0.256. The number of carbonyl (C=O) groups is 2. The number of hydrogen-bond acceptors (Lipinski definition) is 3. The lowest BCUT2D eigenvalue weighted by Crippen LogP contribution is -2.45. The third kappa shape index (κ3) is 1.94. The number of nitrogens with one attached hydrogen (secondary N) is 1. The van der Waals surface area contributed by atoms with E-state index in [9.17, 15) is 9.59 Å². The van der Waals surface area contributed by atoms with Gasteiger partial charge in [-0.25, -0.2) is 0 Å². The largest absolute Gasteiger partial charge is 0.481 e. The van der Waals surface area contributed by atoms with Gasteiger partial charge >= 0.3 is 11.9 Å². The second kappa shape index (κ2) is 3.53. The maximum atomic E-state index is 10.4. The van der Waals surface area contributed by atoms with Gasteiger partial charge in [-0.05, 0) is 12.8 Å². The van der Waals surface area contributed by atoms with E-state index in [4.69, 9.17) is 10.2 Å². The molecule has 0 bridgehead atoms.